The van der Waals surface area contributed by atoms with E-state index in [1.807, 2.05) is 0 Å². The number of hydrogen-bond acceptors (Lipinski definition) is 3. The number of carbonyl (C=O) groups is 1. The van der Waals surface area contributed by atoms with Crippen molar-refractivity contribution in [1.82, 2.24) is 9.47 Å². The Balaban J connectivity index is 2.17. The normalized spacial score (nSPS) is 20.9. The number of aliphatic hydroxyl groups is 1. The van der Waals surface area contributed by atoms with Crippen molar-refractivity contribution < 1.29 is 9.90 Å². The van der Waals surface area contributed by atoms with Crippen molar-refractivity contribution >= 4 is 11.6 Å². The lowest BCUT2D eigenvalue weighted by Crippen LogP contribution is -2.30. The highest BCUT2D eigenvalue weighted by Gasteiger charge is 2.26. The molecule has 2 rings (SSSR count). The summed E-state index contributed by atoms with van der Waals surface area (Å²) in [5, 5.41) is 9.34. The van der Waals surface area contributed by atoms with Crippen LogP contribution in [0, 0.1) is 0 Å². The third-order valence-electron chi connectivity index (χ3n) is 2.70. The third-order valence-corrected chi connectivity index (χ3v) is 2.70. The van der Waals surface area contributed by atoms with Crippen molar-refractivity contribution in [3.8, 4) is 0 Å². The van der Waals surface area contributed by atoms with Gasteiger partial charge in [-0.25, -0.2) is 0 Å². The number of aryl methyl sites for hydroxylation is 1. The number of likely N-dealkylation sites (tertiary alicyclic amines) is 1. The molecule has 1 aliphatic heterocycles. The topological polar surface area (TPSA) is 71.5 Å². The van der Waals surface area contributed by atoms with Gasteiger partial charge in [0.1, 0.15) is 5.69 Å². The summed E-state index contributed by atoms with van der Waals surface area (Å²) in [6, 6.07) is 1.66. The van der Waals surface area contributed by atoms with Crippen LogP contribution >= 0.6 is 0 Å². The van der Waals surface area contributed by atoms with E-state index in [1.54, 1.807) is 28.8 Å². The van der Waals surface area contributed by atoms with Crippen LogP contribution in [0.15, 0.2) is 12.3 Å². The van der Waals surface area contributed by atoms with Crippen LogP contribution in [0.4, 0.5) is 5.69 Å². The summed E-state index contributed by atoms with van der Waals surface area (Å²) in [7, 11) is 1.79. The zero-order chi connectivity index (χ0) is 11.0. The molecule has 5 nitrogen and oxygen atoms in total. The number of carbonyl (C=O) groups excluding carboxylic acids is 1. The monoisotopic (exact) mass is 209 g/mol. The molecule has 1 aliphatic rings. The largest absolute Gasteiger partial charge is 0.397 e. The average Bonchev–Trinajstić information content (AvgIpc) is 2.71. The van der Waals surface area contributed by atoms with Crippen molar-refractivity contribution in [3.63, 3.8) is 0 Å². The minimum Gasteiger partial charge on any atom is -0.397 e. The highest BCUT2D eigenvalue weighted by molar-refractivity contribution is 5.94. The maximum Gasteiger partial charge on any atom is 0.270 e. The fraction of sp³-hybridized carbons (Fsp3) is 0.500. The van der Waals surface area contributed by atoms with Crippen LogP contribution in [0.3, 0.4) is 0 Å². The Kier molecular flexibility index (Phi) is 2.40. The molecule has 0 spiro atoms. The molecule has 0 saturated carbocycles. The van der Waals surface area contributed by atoms with Crippen LogP contribution in [0.2, 0.25) is 0 Å². The summed E-state index contributed by atoms with van der Waals surface area (Å²) < 4.78 is 1.71. The van der Waals surface area contributed by atoms with Crippen LogP contribution < -0.4 is 5.73 Å². The molecule has 5 heteroatoms. The second kappa shape index (κ2) is 3.58. The molecule has 0 radical (unpaired) electrons. The summed E-state index contributed by atoms with van der Waals surface area (Å²) >= 11 is 0. The third kappa shape index (κ3) is 1.83. The fourth-order valence-electron chi connectivity index (χ4n) is 1.89. The van der Waals surface area contributed by atoms with Crippen LogP contribution in [0.25, 0.3) is 0 Å². The van der Waals surface area contributed by atoms with E-state index in [1.165, 1.54) is 0 Å². The zero-order valence-corrected chi connectivity index (χ0v) is 8.68. The summed E-state index contributed by atoms with van der Waals surface area (Å²) in [6.07, 6.45) is 1.98. The molecule has 1 fully saturated rings. The highest BCUT2D eigenvalue weighted by Crippen LogP contribution is 2.16. The predicted molar refractivity (Wildman–Crippen MR) is 56.4 cm³/mol. The molecule has 2 heterocycles. The van der Waals surface area contributed by atoms with Gasteiger partial charge in [0.15, 0.2) is 0 Å². The van der Waals surface area contributed by atoms with E-state index < -0.39 is 0 Å². The van der Waals surface area contributed by atoms with Gasteiger partial charge < -0.3 is 20.3 Å². The van der Waals surface area contributed by atoms with Gasteiger partial charge in [0.2, 0.25) is 0 Å². The van der Waals surface area contributed by atoms with Crippen LogP contribution in [0.1, 0.15) is 16.9 Å². The van der Waals surface area contributed by atoms with Gasteiger partial charge >= 0.3 is 0 Å². The van der Waals surface area contributed by atoms with E-state index in [-0.39, 0.29) is 12.0 Å². The summed E-state index contributed by atoms with van der Waals surface area (Å²) in [5.41, 5.74) is 6.76. The van der Waals surface area contributed by atoms with Crippen molar-refractivity contribution in [2.75, 3.05) is 18.8 Å². The Labute approximate surface area is 88.1 Å². The molecule has 1 amide bonds. The summed E-state index contributed by atoms with van der Waals surface area (Å²) in [5.74, 6) is -0.0641. The lowest BCUT2D eigenvalue weighted by atomic mass is 10.3. The van der Waals surface area contributed by atoms with Crippen LogP contribution in [-0.2, 0) is 7.05 Å². The lowest BCUT2D eigenvalue weighted by Gasteiger charge is -2.15. The number of amides is 1. The SMILES string of the molecule is Cn1cc(N)cc1C(=O)N1CC[C@H](O)C1. The molecule has 1 aromatic heterocycles. The Morgan fingerprint density at radius 2 is 2.40 bits per heavy atom. The predicted octanol–water partition coefficient (Wildman–Crippen LogP) is -0.186. The molecule has 0 unspecified atom stereocenters. The zero-order valence-electron chi connectivity index (χ0n) is 8.68. The lowest BCUT2D eigenvalue weighted by molar-refractivity contribution is 0.0755. The molecule has 1 atom stereocenters. The first-order chi connectivity index (χ1) is 7.08. The maximum atomic E-state index is 12.0. The number of nitrogens with two attached hydrogens (primary N) is 1. The minimum atomic E-state index is -0.383. The van der Waals surface area contributed by atoms with Gasteiger partial charge in [0, 0.05) is 26.3 Å². The highest BCUT2D eigenvalue weighted by atomic mass is 16.3. The molecule has 0 aromatic carbocycles. The Morgan fingerprint density at radius 3 is 2.87 bits per heavy atom. The van der Waals surface area contributed by atoms with E-state index >= 15 is 0 Å². The molecular weight excluding hydrogens is 194 g/mol. The smallest absolute Gasteiger partial charge is 0.270 e. The number of aromatic nitrogens is 1. The van der Waals surface area contributed by atoms with E-state index in [9.17, 15) is 9.90 Å². The van der Waals surface area contributed by atoms with Crippen LogP contribution in [-0.4, -0.2) is 39.7 Å². The van der Waals surface area contributed by atoms with Gasteiger partial charge in [-0.05, 0) is 12.5 Å². The molecule has 1 aromatic rings. The Hall–Kier alpha value is -1.49. The first-order valence-corrected chi connectivity index (χ1v) is 4.97. The number of anilines is 1. The first kappa shape index (κ1) is 10.0. The van der Waals surface area contributed by atoms with E-state index in [0.717, 1.165) is 0 Å². The van der Waals surface area contributed by atoms with Gasteiger partial charge in [-0.1, -0.05) is 0 Å². The Bertz CT molecular complexity index is 386. The number of aliphatic hydroxyl groups excluding tert-OH is 1. The molecule has 82 valence electrons. The number of hydrogen-bond donors (Lipinski definition) is 2. The van der Waals surface area contributed by atoms with E-state index in [2.05, 4.69) is 0 Å². The first-order valence-electron chi connectivity index (χ1n) is 4.97. The number of nitrogens with zero attached hydrogens (tertiary/aromatic N) is 2. The number of rotatable bonds is 1. The second-order valence-electron chi connectivity index (χ2n) is 3.96. The summed E-state index contributed by atoms with van der Waals surface area (Å²) in [4.78, 5) is 13.6. The van der Waals surface area contributed by atoms with Gasteiger partial charge in [-0.3, -0.25) is 4.79 Å². The van der Waals surface area contributed by atoms with Crippen molar-refractivity contribution in [2.45, 2.75) is 12.5 Å². The van der Waals surface area contributed by atoms with E-state index in [0.29, 0.717) is 30.9 Å². The molecule has 0 aliphatic carbocycles. The van der Waals surface area contributed by atoms with Crippen molar-refractivity contribution in [1.29, 1.82) is 0 Å². The maximum absolute atomic E-state index is 12.0. The van der Waals surface area contributed by atoms with Gasteiger partial charge in [0.05, 0.1) is 11.8 Å². The Morgan fingerprint density at radius 1 is 1.67 bits per heavy atom. The van der Waals surface area contributed by atoms with Crippen molar-refractivity contribution in [3.05, 3.63) is 18.0 Å². The van der Waals surface area contributed by atoms with Gasteiger partial charge in [0.25, 0.3) is 5.91 Å². The van der Waals surface area contributed by atoms with Crippen molar-refractivity contribution in [2.24, 2.45) is 7.05 Å². The molecule has 0 bridgehead atoms. The average molecular weight is 209 g/mol. The number of β-amino-alcohol motifs (C(OH)–C–C–N with tert-alkyl or cyclic N) is 1. The van der Waals surface area contributed by atoms with Gasteiger partial charge in [-0.2, -0.15) is 0 Å². The quantitative estimate of drug-likeness (QED) is 0.673. The molecule has 15 heavy (non-hydrogen) atoms. The van der Waals surface area contributed by atoms with E-state index in [4.69, 9.17) is 5.73 Å². The standard InChI is InChI=1S/C10H15N3O2/c1-12-5-7(11)4-9(12)10(15)13-3-2-8(14)6-13/h4-5,8,14H,2-3,6,11H2,1H3/t8-/m0/s1. The minimum absolute atomic E-state index is 0.0641. The fourth-order valence-corrected chi connectivity index (χ4v) is 1.89. The van der Waals surface area contributed by atoms with Crippen LogP contribution in [0.5, 0.6) is 0 Å². The van der Waals surface area contributed by atoms with Gasteiger partial charge in [-0.15, -0.1) is 0 Å². The second-order valence-corrected chi connectivity index (χ2v) is 3.96. The summed E-state index contributed by atoms with van der Waals surface area (Å²) in [6.45, 7) is 1.04. The molecular formula is C10H15N3O2. The molecule has 3 N–H and O–H groups in total. The number of nitrogen functional groups attached to an aromatic ring is 1. The molecule has 1 saturated heterocycles.